The van der Waals surface area contributed by atoms with Gasteiger partial charge in [0.1, 0.15) is 0 Å². The first-order valence-corrected chi connectivity index (χ1v) is 5.83. The largest absolute Gasteiger partial charge is 0.376 e. The van der Waals surface area contributed by atoms with Gasteiger partial charge in [-0.15, -0.1) is 0 Å². The number of ether oxygens (including phenoxy) is 1. The van der Waals surface area contributed by atoms with E-state index in [4.69, 9.17) is 10.5 Å². The van der Waals surface area contributed by atoms with Crippen LogP contribution in [0.2, 0.25) is 0 Å². The molecule has 0 radical (unpaired) electrons. The third-order valence-corrected chi connectivity index (χ3v) is 2.54. The highest BCUT2D eigenvalue weighted by molar-refractivity contribution is 5.78. The van der Waals surface area contributed by atoms with Gasteiger partial charge < -0.3 is 15.4 Å². The first-order chi connectivity index (χ1) is 7.13. The van der Waals surface area contributed by atoms with E-state index in [9.17, 15) is 0 Å². The summed E-state index contributed by atoms with van der Waals surface area (Å²) >= 11 is 0. The second-order valence-corrected chi connectivity index (χ2v) is 4.25. The highest BCUT2D eigenvalue weighted by Gasteiger charge is 2.19. The summed E-state index contributed by atoms with van der Waals surface area (Å²) in [6.45, 7) is 8.82. The Labute approximate surface area is 92.5 Å². The fourth-order valence-corrected chi connectivity index (χ4v) is 1.76. The number of nitrogens with zero attached hydrogens (tertiary/aromatic N) is 2. The molecule has 4 heteroatoms. The molecule has 1 atom stereocenters. The van der Waals surface area contributed by atoms with Gasteiger partial charge in [0.2, 0.25) is 0 Å². The van der Waals surface area contributed by atoms with Crippen molar-refractivity contribution in [3.05, 3.63) is 0 Å². The van der Waals surface area contributed by atoms with E-state index >= 15 is 0 Å². The van der Waals surface area contributed by atoms with E-state index in [1.165, 1.54) is 6.42 Å². The molecule has 0 aromatic carbocycles. The van der Waals surface area contributed by atoms with Gasteiger partial charge in [0.25, 0.3) is 0 Å². The average Bonchev–Trinajstić information content (AvgIpc) is 2.65. The van der Waals surface area contributed by atoms with E-state index in [0.29, 0.717) is 12.1 Å². The average molecular weight is 213 g/mol. The molecule has 0 saturated carbocycles. The number of rotatable bonds is 4. The van der Waals surface area contributed by atoms with Crippen molar-refractivity contribution in [2.45, 2.75) is 45.8 Å². The second kappa shape index (κ2) is 5.95. The molecule has 0 aromatic rings. The lowest BCUT2D eigenvalue weighted by molar-refractivity contribution is 0.0919. The van der Waals surface area contributed by atoms with Gasteiger partial charge in [-0.1, -0.05) is 0 Å². The normalized spacial score (nSPS) is 22.4. The molecule has 0 bridgehead atoms. The number of hydrogen-bond acceptors (Lipinski definition) is 2. The Hall–Kier alpha value is -0.770. The maximum absolute atomic E-state index is 5.93. The monoisotopic (exact) mass is 213 g/mol. The minimum Gasteiger partial charge on any atom is -0.376 e. The fourth-order valence-electron chi connectivity index (χ4n) is 1.76. The standard InChI is InChI=1S/C11H23N3O/c1-4-14(11(12)13-9(2)3)8-10-6-5-7-15-10/h9-10H,4-8H2,1-3H3,(H2,12,13). The van der Waals surface area contributed by atoms with E-state index in [0.717, 1.165) is 26.1 Å². The smallest absolute Gasteiger partial charge is 0.191 e. The number of guanidine groups is 1. The van der Waals surface area contributed by atoms with Crippen LogP contribution >= 0.6 is 0 Å². The molecule has 1 fully saturated rings. The quantitative estimate of drug-likeness (QED) is 0.564. The minimum absolute atomic E-state index is 0.253. The molecule has 1 unspecified atom stereocenters. The molecule has 0 spiro atoms. The molecule has 2 N–H and O–H groups in total. The van der Waals surface area contributed by atoms with Crippen LogP contribution in [0.15, 0.2) is 4.99 Å². The molecule has 1 aliphatic rings. The zero-order valence-corrected chi connectivity index (χ0v) is 10.1. The number of nitrogens with two attached hydrogens (primary N) is 1. The molecule has 1 saturated heterocycles. The summed E-state index contributed by atoms with van der Waals surface area (Å²) in [5, 5.41) is 0. The van der Waals surface area contributed by atoms with Crippen LogP contribution in [0.25, 0.3) is 0 Å². The van der Waals surface area contributed by atoms with Gasteiger partial charge in [0.05, 0.1) is 6.10 Å². The van der Waals surface area contributed by atoms with E-state index in [1.807, 2.05) is 13.8 Å². The molecule has 1 rings (SSSR count). The lowest BCUT2D eigenvalue weighted by Crippen LogP contribution is -2.42. The predicted molar refractivity (Wildman–Crippen MR) is 63.0 cm³/mol. The van der Waals surface area contributed by atoms with Crippen LogP contribution < -0.4 is 5.73 Å². The van der Waals surface area contributed by atoms with Gasteiger partial charge in [-0.3, -0.25) is 4.99 Å². The Bertz CT molecular complexity index is 210. The summed E-state index contributed by atoms with van der Waals surface area (Å²) in [7, 11) is 0. The van der Waals surface area contributed by atoms with Crippen LogP contribution in [-0.4, -0.2) is 42.7 Å². The fraction of sp³-hybridized carbons (Fsp3) is 0.909. The Morgan fingerprint density at radius 1 is 1.60 bits per heavy atom. The van der Waals surface area contributed by atoms with Crippen LogP contribution in [0.1, 0.15) is 33.6 Å². The molecule has 0 amide bonds. The van der Waals surface area contributed by atoms with Gasteiger partial charge >= 0.3 is 0 Å². The van der Waals surface area contributed by atoms with E-state index < -0.39 is 0 Å². The van der Waals surface area contributed by atoms with Gasteiger partial charge in [-0.05, 0) is 33.6 Å². The molecule has 1 heterocycles. The first kappa shape index (κ1) is 12.3. The first-order valence-electron chi connectivity index (χ1n) is 5.83. The Kier molecular flexibility index (Phi) is 4.88. The molecular formula is C11H23N3O. The summed E-state index contributed by atoms with van der Waals surface area (Å²) in [6, 6.07) is 0.253. The zero-order chi connectivity index (χ0) is 11.3. The van der Waals surface area contributed by atoms with Crippen molar-refractivity contribution >= 4 is 5.96 Å². The summed E-state index contributed by atoms with van der Waals surface area (Å²) in [5.74, 6) is 0.642. The molecule has 1 aliphatic heterocycles. The van der Waals surface area contributed by atoms with Gasteiger partial charge in [0, 0.05) is 25.7 Å². The SMILES string of the molecule is CCN(CC1CCCO1)C(N)=NC(C)C. The Morgan fingerprint density at radius 3 is 2.80 bits per heavy atom. The summed E-state index contributed by atoms with van der Waals surface area (Å²) < 4.78 is 5.59. The van der Waals surface area contributed by atoms with Crippen molar-refractivity contribution in [1.29, 1.82) is 0 Å². The number of likely N-dealkylation sites (N-methyl/N-ethyl adjacent to an activating group) is 1. The molecule has 15 heavy (non-hydrogen) atoms. The molecule has 88 valence electrons. The Morgan fingerprint density at radius 2 is 2.33 bits per heavy atom. The molecule has 0 aliphatic carbocycles. The summed E-state index contributed by atoms with van der Waals surface area (Å²) in [5.41, 5.74) is 5.93. The van der Waals surface area contributed by atoms with Gasteiger partial charge in [-0.25, -0.2) is 0 Å². The maximum atomic E-state index is 5.93. The maximum Gasteiger partial charge on any atom is 0.191 e. The van der Waals surface area contributed by atoms with Crippen molar-refractivity contribution in [3.8, 4) is 0 Å². The van der Waals surface area contributed by atoms with Crippen molar-refractivity contribution in [3.63, 3.8) is 0 Å². The third kappa shape index (κ3) is 4.08. The summed E-state index contributed by atoms with van der Waals surface area (Å²) in [4.78, 5) is 6.45. The third-order valence-electron chi connectivity index (χ3n) is 2.54. The van der Waals surface area contributed by atoms with Gasteiger partial charge in [-0.2, -0.15) is 0 Å². The minimum atomic E-state index is 0.253. The number of aliphatic imine (C=N–C) groups is 1. The topological polar surface area (TPSA) is 50.9 Å². The van der Waals surface area contributed by atoms with Crippen LogP contribution in [0.5, 0.6) is 0 Å². The molecule has 0 aromatic heterocycles. The van der Waals surface area contributed by atoms with Gasteiger partial charge in [0.15, 0.2) is 5.96 Å². The second-order valence-electron chi connectivity index (χ2n) is 4.25. The summed E-state index contributed by atoms with van der Waals surface area (Å²) in [6.07, 6.45) is 2.65. The van der Waals surface area contributed by atoms with E-state index in [2.05, 4.69) is 16.8 Å². The predicted octanol–water partition coefficient (Wildman–Crippen LogP) is 1.21. The van der Waals surface area contributed by atoms with Crippen LogP contribution in [0, 0.1) is 0 Å². The van der Waals surface area contributed by atoms with Crippen LogP contribution in [0.4, 0.5) is 0 Å². The van der Waals surface area contributed by atoms with E-state index in [-0.39, 0.29) is 6.04 Å². The van der Waals surface area contributed by atoms with Crippen molar-refractivity contribution in [2.75, 3.05) is 19.7 Å². The zero-order valence-electron chi connectivity index (χ0n) is 10.1. The highest BCUT2D eigenvalue weighted by Crippen LogP contribution is 2.13. The van der Waals surface area contributed by atoms with Crippen molar-refractivity contribution in [1.82, 2.24) is 4.90 Å². The molecule has 4 nitrogen and oxygen atoms in total. The van der Waals surface area contributed by atoms with Crippen molar-refractivity contribution in [2.24, 2.45) is 10.7 Å². The molecular weight excluding hydrogens is 190 g/mol. The van der Waals surface area contributed by atoms with E-state index in [1.54, 1.807) is 0 Å². The van der Waals surface area contributed by atoms with Crippen LogP contribution in [-0.2, 0) is 4.74 Å². The Balaban J connectivity index is 2.46. The number of hydrogen-bond donors (Lipinski definition) is 1. The lowest BCUT2D eigenvalue weighted by Gasteiger charge is -2.25. The lowest BCUT2D eigenvalue weighted by atomic mass is 10.2. The highest BCUT2D eigenvalue weighted by atomic mass is 16.5. The van der Waals surface area contributed by atoms with Crippen molar-refractivity contribution < 1.29 is 4.74 Å². The van der Waals surface area contributed by atoms with Crippen LogP contribution in [0.3, 0.4) is 0 Å².